The number of nitrogens with zero attached hydrogens (tertiary/aromatic N) is 1. The van der Waals surface area contributed by atoms with Crippen molar-refractivity contribution < 1.29 is 4.79 Å². The fraction of sp³-hybridized carbons (Fsp3) is 0.105. The zero-order valence-corrected chi connectivity index (χ0v) is 13.9. The molecule has 0 saturated carbocycles. The molecule has 0 saturated heterocycles. The molecule has 1 heterocycles. The van der Waals surface area contributed by atoms with Crippen molar-refractivity contribution in [2.24, 2.45) is 0 Å². The molecule has 22 heavy (non-hydrogen) atoms. The maximum atomic E-state index is 12.8. The fourth-order valence-electron chi connectivity index (χ4n) is 2.36. The third kappa shape index (κ3) is 3.76. The summed E-state index contributed by atoms with van der Waals surface area (Å²) >= 11 is 0.169. The summed E-state index contributed by atoms with van der Waals surface area (Å²) in [7, 11) is 0. The summed E-state index contributed by atoms with van der Waals surface area (Å²) in [5.74, 6) is 0.151. The number of carbonyl (C=O) groups is 1. The Bertz CT molecular complexity index is 666. The second kappa shape index (κ2) is 7.26. The zero-order valence-electron chi connectivity index (χ0n) is 12.2. The van der Waals surface area contributed by atoms with Crippen molar-refractivity contribution in [3.8, 4) is 0 Å². The van der Waals surface area contributed by atoms with Crippen LogP contribution in [0.5, 0.6) is 0 Å². The van der Waals surface area contributed by atoms with Gasteiger partial charge in [-0.3, -0.25) is 0 Å². The van der Waals surface area contributed by atoms with Crippen LogP contribution >= 0.6 is 0 Å². The molecule has 1 aromatic heterocycles. The van der Waals surface area contributed by atoms with Crippen LogP contribution in [0.2, 0.25) is 0 Å². The van der Waals surface area contributed by atoms with Crippen molar-refractivity contribution in [2.75, 3.05) is 0 Å². The molecule has 2 aromatic carbocycles. The van der Waals surface area contributed by atoms with Gasteiger partial charge in [-0.15, -0.1) is 0 Å². The van der Waals surface area contributed by atoms with Crippen LogP contribution in [0.15, 0.2) is 77.7 Å². The topological polar surface area (TPSA) is 20.3 Å². The first kappa shape index (κ1) is 14.8. The molecule has 110 valence electrons. The molecule has 2 nitrogen and oxygen atoms in total. The summed E-state index contributed by atoms with van der Waals surface area (Å²) in [5, 5.41) is 0. The van der Waals surface area contributed by atoms with Gasteiger partial charge in [0.05, 0.1) is 0 Å². The molecular formula is C19H17NOSe. The molecule has 3 rings (SSSR count). The molecule has 3 heteroatoms. The van der Waals surface area contributed by atoms with E-state index in [0.29, 0.717) is 13.1 Å². The van der Waals surface area contributed by atoms with Crippen LogP contribution in [0.25, 0.3) is 0 Å². The van der Waals surface area contributed by atoms with E-state index in [1.807, 2.05) is 53.4 Å². The molecule has 0 radical (unpaired) electrons. The Morgan fingerprint density at radius 3 is 1.77 bits per heavy atom. The van der Waals surface area contributed by atoms with E-state index < -0.39 is 0 Å². The average Bonchev–Trinajstić information content (AvgIpc) is 3.10. The van der Waals surface area contributed by atoms with Crippen molar-refractivity contribution in [1.82, 2.24) is 4.90 Å². The van der Waals surface area contributed by atoms with Crippen molar-refractivity contribution in [3.05, 3.63) is 93.3 Å². The number of rotatable bonds is 5. The first-order valence-corrected chi connectivity index (χ1v) is 9.08. The van der Waals surface area contributed by atoms with Crippen LogP contribution in [-0.4, -0.2) is 25.3 Å². The second-order valence-corrected chi connectivity index (χ2v) is 7.10. The summed E-state index contributed by atoms with van der Waals surface area (Å²) < 4.78 is 0.930. The van der Waals surface area contributed by atoms with Crippen molar-refractivity contribution in [1.29, 1.82) is 0 Å². The van der Waals surface area contributed by atoms with E-state index in [1.165, 1.54) is 0 Å². The Morgan fingerprint density at radius 1 is 0.773 bits per heavy atom. The Hall–Kier alpha value is -2.09. The van der Waals surface area contributed by atoms with Gasteiger partial charge in [0.15, 0.2) is 0 Å². The van der Waals surface area contributed by atoms with E-state index in [0.717, 1.165) is 15.6 Å². The van der Waals surface area contributed by atoms with Gasteiger partial charge < -0.3 is 0 Å². The number of hydrogen-bond acceptors (Lipinski definition) is 1. The van der Waals surface area contributed by atoms with Gasteiger partial charge in [0.25, 0.3) is 0 Å². The Labute approximate surface area is 136 Å². The molecule has 1 amide bonds. The minimum atomic E-state index is 0.151. The molecule has 0 aliphatic carbocycles. The van der Waals surface area contributed by atoms with Gasteiger partial charge in [-0.25, -0.2) is 0 Å². The number of carbonyl (C=O) groups excluding carboxylic acids is 1. The molecule has 3 aromatic rings. The summed E-state index contributed by atoms with van der Waals surface area (Å²) in [6.07, 6.45) is 0. The van der Waals surface area contributed by atoms with Crippen molar-refractivity contribution in [2.45, 2.75) is 13.1 Å². The normalized spacial score (nSPS) is 10.4. The molecule has 0 aliphatic rings. The van der Waals surface area contributed by atoms with Crippen LogP contribution in [0.4, 0.5) is 0 Å². The van der Waals surface area contributed by atoms with E-state index in [4.69, 9.17) is 0 Å². The number of benzene rings is 2. The van der Waals surface area contributed by atoms with Gasteiger partial charge in [-0.1, -0.05) is 0 Å². The summed E-state index contributed by atoms with van der Waals surface area (Å²) in [5.41, 5.74) is 2.32. The van der Waals surface area contributed by atoms with Crippen LogP contribution in [0, 0.1) is 0 Å². The van der Waals surface area contributed by atoms with E-state index in [1.54, 1.807) is 0 Å². The maximum absolute atomic E-state index is 12.8. The first-order valence-electron chi connectivity index (χ1n) is 7.23. The molecular weight excluding hydrogens is 337 g/mol. The Morgan fingerprint density at radius 2 is 1.32 bits per heavy atom. The van der Waals surface area contributed by atoms with E-state index in [2.05, 4.69) is 29.2 Å². The summed E-state index contributed by atoms with van der Waals surface area (Å²) in [4.78, 5) is 16.8. The summed E-state index contributed by atoms with van der Waals surface area (Å²) in [6, 6.07) is 24.3. The van der Waals surface area contributed by atoms with Gasteiger partial charge in [0, 0.05) is 0 Å². The van der Waals surface area contributed by atoms with Crippen LogP contribution in [0.1, 0.15) is 20.4 Å². The van der Waals surface area contributed by atoms with Gasteiger partial charge in [-0.2, -0.15) is 0 Å². The quantitative estimate of drug-likeness (QED) is 0.642. The predicted octanol–water partition coefficient (Wildman–Crippen LogP) is 3.59. The third-order valence-corrected chi connectivity index (χ3v) is 5.25. The number of amides is 1. The molecule has 0 spiro atoms. The van der Waals surface area contributed by atoms with Crippen molar-refractivity contribution in [3.63, 3.8) is 0 Å². The first-order chi connectivity index (χ1) is 10.8. The predicted molar refractivity (Wildman–Crippen MR) is 89.8 cm³/mol. The van der Waals surface area contributed by atoms with E-state index in [-0.39, 0.29) is 20.4 Å². The van der Waals surface area contributed by atoms with Crippen LogP contribution in [0.3, 0.4) is 0 Å². The van der Waals surface area contributed by atoms with E-state index in [9.17, 15) is 4.79 Å². The summed E-state index contributed by atoms with van der Waals surface area (Å²) in [6.45, 7) is 1.28. The van der Waals surface area contributed by atoms with E-state index >= 15 is 0 Å². The monoisotopic (exact) mass is 355 g/mol. The van der Waals surface area contributed by atoms with Crippen LogP contribution in [-0.2, 0) is 13.1 Å². The molecule has 0 N–H and O–H groups in total. The molecule has 0 unspecified atom stereocenters. The molecule has 0 bridgehead atoms. The molecule has 0 fully saturated rings. The Kier molecular flexibility index (Phi) is 4.89. The van der Waals surface area contributed by atoms with Gasteiger partial charge >= 0.3 is 136 Å². The molecule has 0 aliphatic heterocycles. The van der Waals surface area contributed by atoms with Gasteiger partial charge in [0.1, 0.15) is 0 Å². The zero-order chi connectivity index (χ0) is 15.2. The molecule has 0 atom stereocenters. The minimum absolute atomic E-state index is 0.151. The Balaban J connectivity index is 1.83. The SMILES string of the molecule is O=C(c1ccc[se]1)N(Cc1ccccc1)Cc1ccccc1. The second-order valence-electron chi connectivity index (χ2n) is 5.11. The van der Waals surface area contributed by atoms with Gasteiger partial charge in [-0.05, 0) is 0 Å². The van der Waals surface area contributed by atoms with Gasteiger partial charge in [0.2, 0.25) is 0 Å². The standard InChI is InChI=1S/C19H17NOSe/c21-19(18-12-7-13-22-18)20(14-16-8-3-1-4-9-16)15-17-10-5-2-6-11-17/h1-13H,14-15H2. The van der Waals surface area contributed by atoms with Crippen LogP contribution < -0.4 is 0 Å². The number of hydrogen-bond donors (Lipinski definition) is 0. The fourth-order valence-corrected chi connectivity index (χ4v) is 3.81. The average molecular weight is 354 g/mol. The third-order valence-electron chi connectivity index (χ3n) is 3.45. The van der Waals surface area contributed by atoms with Crippen molar-refractivity contribution >= 4 is 20.4 Å².